The molecule has 2 aliphatic rings. The van der Waals surface area contributed by atoms with Crippen molar-refractivity contribution in [3.8, 4) is 5.75 Å². The second kappa shape index (κ2) is 9.25. The molecule has 168 valence electrons. The first-order valence-corrected chi connectivity index (χ1v) is 10.8. The van der Waals surface area contributed by atoms with Crippen LogP contribution in [0, 0.1) is 0 Å². The van der Waals surface area contributed by atoms with Crippen molar-refractivity contribution in [1.82, 2.24) is 15.6 Å². The molecule has 5 rings (SSSR count). The molecule has 0 radical (unpaired) electrons. The summed E-state index contributed by atoms with van der Waals surface area (Å²) in [6.45, 7) is 0.328. The van der Waals surface area contributed by atoms with Crippen LogP contribution in [0.1, 0.15) is 27.5 Å². The van der Waals surface area contributed by atoms with Crippen molar-refractivity contribution in [3.63, 3.8) is 0 Å². The van der Waals surface area contributed by atoms with Gasteiger partial charge in [0.05, 0.1) is 35.6 Å². The summed E-state index contributed by atoms with van der Waals surface area (Å²) in [5.41, 5.74) is 4.64. The Kier molecular flexibility index (Phi) is 6.40. The molecule has 3 aromatic rings. The lowest BCUT2D eigenvalue weighted by Gasteiger charge is -2.39. The minimum atomic E-state index is -0.401. The van der Waals surface area contributed by atoms with E-state index in [0.29, 0.717) is 17.9 Å². The number of benzene rings is 2. The normalized spacial score (nSPS) is 16.6. The summed E-state index contributed by atoms with van der Waals surface area (Å²) in [4.78, 5) is 31.8. The highest BCUT2D eigenvalue weighted by Gasteiger charge is 2.37. The number of pyridine rings is 1. The molecule has 0 bridgehead atoms. The highest BCUT2D eigenvalue weighted by molar-refractivity contribution is 9.10. The third kappa shape index (κ3) is 4.07. The van der Waals surface area contributed by atoms with Gasteiger partial charge in [0, 0.05) is 29.1 Å². The number of aromatic nitrogens is 1. The predicted octanol–water partition coefficient (Wildman–Crippen LogP) is 4.70. The fraction of sp³-hybridized carbons (Fsp3) is 0.125. The van der Waals surface area contributed by atoms with Gasteiger partial charge in [-0.05, 0) is 51.8 Å². The van der Waals surface area contributed by atoms with Crippen molar-refractivity contribution in [2.45, 2.75) is 6.04 Å². The molecule has 1 atom stereocenters. The van der Waals surface area contributed by atoms with Crippen LogP contribution < -0.4 is 20.3 Å². The summed E-state index contributed by atoms with van der Waals surface area (Å²) in [5.74, 6) is 0.574. The number of carbonyl (C=O) groups is 2. The first-order valence-electron chi connectivity index (χ1n) is 10.0. The fourth-order valence-electron chi connectivity index (χ4n) is 4.16. The molecule has 3 amide bonds. The van der Waals surface area contributed by atoms with E-state index in [1.807, 2.05) is 42.5 Å². The van der Waals surface area contributed by atoms with E-state index in [4.69, 9.17) is 4.74 Å². The zero-order valence-corrected chi connectivity index (χ0v) is 19.9. The van der Waals surface area contributed by atoms with Crippen LogP contribution in [0.3, 0.4) is 0 Å². The number of methoxy groups -OCH3 is 1. The Morgan fingerprint density at radius 3 is 2.64 bits per heavy atom. The smallest absolute Gasteiger partial charge is 0.320 e. The maximum atomic E-state index is 13.4. The molecule has 1 aromatic heterocycles. The second-order valence-electron chi connectivity index (χ2n) is 7.47. The third-order valence-electron chi connectivity index (χ3n) is 5.66. The Bertz CT molecular complexity index is 1270. The summed E-state index contributed by atoms with van der Waals surface area (Å²) in [5, 5.41) is 5.96. The largest absolute Gasteiger partial charge is 0.496 e. The van der Waals surface area contributed by atoms with E-state index in [-0.39, 0.29) is 24.3 Å². The summed E-state index contributed by atoms with van der Waals surface area (Å²) in [6.07, 6.45) is 3.21. The maximum absolute atomic E-state index is 13.4. The highest BCUT2D eigenvalue weighted by Crippen LogP contribution is 2.41. The molecule has 9 heteroatoms. The predicted molar refractivity (Wildman–Crippen MR) is 132 cm³/mol. The Hall–Kier alpha value is -3.36. The molecule has 0 spiro atoms. The molecule has 7 nitrogen and oxygen atoms in total. The van der Waals surface area contributed by atoms with E-state index in [9.17, 15) is 9.59 Å². The van der Waals surface area contributed by atoms with Crippen LogP contribution in [0.2, 0.25) is 0 Å². The Morgan fingerprint density at radius 1 is 1.15 bits per heavy atom. The van der Waals surface area contributed by atoms with E-state index in [2.05, 4.69) is 31.5 Å². The van der Waals surface area contributed by atoms with Crippen molar-refractivity contribution >= 4 is 51.7 Å². The monoisotopic (exact) mass is 526 g/mol. The number of hydrogen-bond donors (Lipinski definition) is 2. The zero-order valence-electron chi connectivity index (χ0n) is 17.5. The molecule has 2 N–H and O–H groups in total. The van der Waals surface area contributed by atoms with Gasteiger partial charge in [-0.2, -0.15) is 0 Å². The van der Waals surface area contributed by atoms with Crippen molar-refractivity contribution in [3.05, 3.63) is 93.7 Å². The summed E-state index contributed by atoms with van der Waals surface area (Å²) in [7, 11) is 1.60. The molecule has 0 saturated carbocycles. The van der Waals surface area contributed by atoms with Gasteiger partial charge in [-0.15, -0.1) is 12.4 Å². The SMILES string of the molecule is COc1ccc(C2NC(=O)NC3=C2CN(C(=O)c2ccncc2)c2ccccc23)cc1Br.Cl. The van der Waals surface area contributed by atoms with Crippen LogP contribution in [0.4, 0.5) is 10.5 Å². The fourth-order valence-corrected chi connectivity index (χ4v) is 4.72. The van der Waals surface area contributed by atoms with Crippen LogP contribution >= 0.6 is 28.3 Å². The molecular weight excluding hydrogens is 508 g/mol. The molecule has 33 heavy (non-hydrogen) atoms. The van der Waals surface area contributed by atoms with Crippen LogP contribution in [-0.2, 0) is 0 Å². The molecule has 3 heterocycles. The number of nitrogens with one attached hydrogen (secondary N) is 2. The van der Waals surface area contributed by atoms with Crippen LogP contribution in [0.15, 0.2) is 77.0 Å². The average Bonchev–Trinajstić information content (AvgIpc) is 2.83. The van der Waals surface area contributed by atoms with Gasteiger partial charge in [0.1, 0.15) is 5.75 Å². The van der Waals surface area contributed by atoms with E-state index in [1.54, 1.807) is 36.5 Å². The van der Waals surface area contributed by atoms with Gasteiger partial charge in [-0.1, -0.05) is 24.3 Å². The summed E-state index contributed by atoms with van der Waals surface area (Å²) < 4.78 is 6.13. The van der Waals surface area contributed by atoms with E-state index in [0.717, 1.165) is 32.6 Å². The number of rotatable bonds is 3. The number of para-hydroxylation sites is 1. The van der Waals surface area contributed by atoms with Gasteiger partial charge in [-0.25, -0.2) is 4.79 Å². The number of carbonyl (C=O) groups excluding carboxylic acids is 2. The van der Waals surface area contributed by atoms with Crippen LogP contribution in [0.5, 0.6) is 5.75 Å². The average molecular weight is 528 g/mol. The molecule has 0 saturated heterocycles. The molecular formula is C24H20BrClN4O3. The van der Waals surface area contributed by atoms with Crippen molar-refractivity contribution < 1.29 is 14.3 Å². The number of halogens is 2. The van der Waals surface area contributed by atoms with Crippen LogP contribution in [0.25, 0.3) is 5.70 Å². The van der Waals surface area contributed by atoms with Gasteiger partial charge in [0.25, 0.3) is 5.91 Å². The minimum Gasteiger partial charge on any atom is -0.496 e. The van der Waals surface area contributed by atoms with E-state index in [1.165, 1.54) is 0 Å². The Labute approximate surface area is 205 Å². The van der Waals surface area contributed by atoms with Gasteiger partial charge in [-0.3, -0.25) is 9.78 Å². The van der Waals surface area contributed by atoms with Crippen molar-refractivity contribution in [2.24, 2.45) is 0 Å². The highest BCUT2D eigenvalue weighted by atomic mass is 79.9. The van der Waals surface area contributed by atoms with E-state index < -0.39 is 6.04 Å². The van der Waals surface area contributed by atoms with E-state index >= 15 is 0 Å². The minimum absolute atomic E-state index is 0. The number of anilines is 1. The molecule has 1 unspecified atom stereocenters. The van der Waals surface area contributed by atoms with Gasteiger partial charge in [0.15, 0.2) is 0 Å². The number of nitrogens with zero attached hydrogens (tertiary/aromatic N) is 2. The topological polar surface area (TPSA) is 83.6 Å². The maximum Gasteiger partial charge on any atom is 0.320 e. The van der Waals surface area contributed by atoms with Gasteiger partial charge >= 0.3 is 6.03 Å². The first-order chi connectivity index (χ1) is 15.6. The first kappa shape index (κ1) is 22.8. The number of ether oxygens (including phenoxy) is 1. The summed E-state index contributed by atoms with van der Waals surface area (Å²) >= 11 is 3.53. The third-order valence-corrected chi connectivity index (χ3v) is 6.28. The molecule has 2 aliphatic heterocycles. The number of hydrogen-bond acceptors (Lipinski definition) is 4. The molecule has 0 fully saturated rings. The summed E-state index contributed by atoms with van der Waals surface area (Å²) in [6, 6.07) is 16.0. The van der Waals surface area contributed by atoms with Gasteiger partial charge < -0.3 is 20.3 Å². The lowest BCUT2D eigenvalue weighted by molar-refractivity contribution is 0.0988. The second-order valence-corrected chi connectivity index (χ2v) is 8.32. The van der Waals surface area contributed by atoms with Crippen molar-refractivity contribution in [1.29, 1.82) is 0 Å². The number of fused-ring (bicyclic) bond motifs is 2. The van der Waals surface area contributed by atoms with Crippen molar-refractivity contribution in [2.75, 3.05) is 18.6 Å². The standard InChI is InChI=1S/C24H19BrN4O3.ClH/c1-32-20-7-6-15(12-18(20)25)21-17-13-29(23(30)14-8-10-26-11-9-14)19-5-3-2-4-16(19)22(17)28-24(31)27-21;/h2-12,21H,13H2,1H3,(H2,27,28,31);1H. The quantitative estimate of drug-likeness (QED) is 0.517. The number of amides is 3. The number of urea groups is 1. The zero-order chi connectivity index (χ0) is 22.2. The van der Waals surface area contributed by atoms with Crippen LogP contribution in [-0.4, -0.2) is 30.6 Å². The molecule has 2 aromatic carbocycles. The lowest BCUT2D eigenvalue weighted by Crippen LogP contribution is -2.49. The molecule has 0 aliphatic carbocycles. The Balaban J connectivity index is 0.00000259. The lowest BCUT2D eigenvalue weighted by atomic mass is 9.88. The van der Waals surface area contributed by atoms with Gasteiger partial charge in [0.2, 0.25) is 0 Å². The Morgan fingerprint density at radius 2 is 1.91 bits per heavy atom.